The Hall–Kier alpha value is -0.530. The Balaban J connectivity index is 1.30. The molecule has 0 N–H and O–H groups in total. The minimum atomic E-state index is 0.138. The fraction of sp³-hybridized carbons (Fsp3) is 0.963. The van der Waals surface area contributed by atoms with Crippen molar-refractivity contribution in [2.45, 2.75) is 136 Å². The first-order valence-corrected chi connectivity index (χ1v) is 13.4. The molecule has 0 saturated heterocycles. The Labute approximate surface area is 180 Å². The number of carbonyl (C=O) groups excluding carboxylic acids is 1. The highest BCUT2D eigenvalue weighted by Gasteiger charge is 2.34. The van der Waals surface area contributed by atoms with Crippen LogP contribution in [0.5, 0.6) is 0 Å². The van der Waals surface area contributed by atoms with Crippen molar-refractivity contribution in [2.75, 3.05) is 0 Å². The van der Waals surface area contributed by atoms with Crippen molar-refractivity contribution in [3.8, 4) is 0 Å². The number of rotatable bonds is 9. The average molecular weight is 405 g/mol. The van der Waals surface area contributed by atoms with Crippen LogP contribution in [-0.2, 0) is 9.53 Å². The van der Waals surface area contributed by atoms with E-state index in [0.717, 1.165) is 49.4 Å². The highest BCUT2D eigenvalue weighted by atomic mass is 16.5. The van der Waals surface area contributed by atoms with Gasteiger partial charge in [0.2, 0.25) is 0 Å². The van der Waals surface area contributed by atoms with Gasteiger partial charge in [0.15, 0.2) is 0 Å². The number of ether oxygens (including phenoxy) is 1. The molecule has 168 valence electrons. The number of esters is 1. The summed E-state index contributed by atoms with van der Waals surface area (Å²) in [6.45, 7) is 4.59. The zero-order chi connectivity index (χ0) is 20.5. The van der Waals surface area contributed by atoms with Gasteiger partial charge < -0.3 is 4.74 Å². The summed E-state index contributed by atoms with van der Waals surface area (Å²) >= 11 is 0. The summed E-state index contributed by atoms with van der Waals surface area (Å²) in [5.74, 6) is 4.05. The minimum absolute atomic E-state index is 0.138. The summed E-state index contributed by atoms with van der Waals surface area (Å²) in [5.41, 5.74) is 0. The van der Waals surface area contributed by atoms with Crippen LogP contribution in [0.25, 0.3) is 0 Å². The molecule has 0 heterocycles. The lowest BCUT2D eigenvalue weighted by Gasteiger charge is -2.38. The van der Waals surface area contributed by atoms with E-state index >= 15 is 0 Å². The molecule has 3 aliphatic carbocycles. The predicted octanol–water partition coefficient (Wildman–Crippen LogP) is 8.08. The van der Waals surface area contributed by atoms with Gasteiger partial charge in [0, 0.05) is 0 Å². The molecule has 2 nitrogen and oxygen atoms in total. The summed E-state index contributed by atoms with van der Waals surface area (Å²) in [4.78, 5) is 12.7. The van der Waals surface area contributed by atoms with E-state index in [9.17, 15) is 4.79 Å². The molecular formula is C27H48O2. The van der Waals surface area contributed by atoms with Gasteiger partial charge in [-0.2, -0.15) is 0 Å². The Morgan fingerprint density at radius 2 is 1.28 bits per heavy atom. The fourth-order valence-corrected chi connectivity index (χ4v) is 6.55. The topological polar surface area (TPSA) is 26.3 Å². The first-order valence-electron chi connectivity index (χ1n) is 13.4. The largest absolute Gasteiger partial charge is 0.462 e. The molecule has 3 fully saturated rings. The van der Waals surface area contributed by atoms with Crippen molar-refractivity contribution in [3.05, 3.63) is 0 Å². The average Bonchev–Trinajstić information content (AvgIpc) is 2.78. The molecule has 0 unspecified atom stereocenters. The number of unbranched alkanes of at least 4 members (excludes halogenated alkanes) is 3. The minimum Gasteiger partial charge on any atom is -0.462 e. The molecule has 0 atom stereocenters. The maximum absolute atomic E-state index is 12.7. The highest BCUT2D eigenvalue weighted by molar-refractivity contribution is 5.72. The van der Waals surface area contributed by atoms with Crippen LogP contribution in [0.3, 0.4) is 0 Å². The fourth-order valence-electron chi connectivity index (χ4n) is 6.55. The molecule has 0 bridgehead atoms. The second-order valence-electron chi connectivity index (χ2n) is 10.7. The molecule has 0 aromatic rings. The maximum atomic E-state index is 12.7. The normalized spacial score (nSPS) is 35.9. The van der Waals surface area contributed by atoms with Gasteiger partial charge >= 0.3 is 5.97 Å². The number of hydrogen-bond acceptors (Lipinski definition) is 2. The van der Waals surface area contributed by atoms with Gasteiger partial charge in [-0.1, -0.05) is 65.2 Å². The van der Waals surface area contributed by atoms with Crippen molar-refractivity contribution in [3.63, 3.8) is 0 Å². The van der Waals surface area contributed by atoms with Crippen LogP contribution >= 0.6 is 0 Å². The zero-order valence-corrected chi connectivity index (χ0v) is 19.5. The van der Waals surface area contributed by atoms with E-state index in [1.807, 2.05) is 0 Å². The van der Waals surface area contributed by atoms with Crippen molar-refractivity contribution in [2.24, 2.45) is 29.6 Å². The molecule has 3 aliphatic rings. The van der Waals surface area contributed by atoms with Crippen LogP contribution in [0.15, 0.2) is 0 Å². The Bertz CT molecular complexity index is 449. The first kappa shape index (κ1) is 23.1. The first-order chi connectivity index (χ1) is 14.2. The zero-order valence-electron chi connectivity index (χ0n) is 19.5. The molecule has 3 rings (SSSR count). The van der Waals surface area contributed by atoms with Crippen molar-refractivity contribution >= 4 is 5.97 Å². The monoisotopic (exact) mass is 404 g/mol. The van der Waals surface area contributed by atoms with Crippen molar-refractivity contribution < 1.29 is 9.53 Å². The number of carbonyl (C=O) groups is 1. The lowest BCUT2D eigenvalue weighted by atomic mass is 9.68. The van der Waals surface area contributed by atoms with Gasteiger partial charge in [0.05, 0.1) is 5.92 Å². The van der Waals surface area contributed by atoms with Crippen molar-refractivity contribution in [1.29, 1.82) is 0 Å². The standard InChI is InChI=1S/C27H48O2/c1-3-5-6-7-8-22-9-13-23(14-10-22)24-15-17-25(18-16-24)27(28)29-26-19-11-21(4-2)12-20-26/h21-26H,3-20H2,1-2H3. The van der Waals surface area contributed by atoms with Gasteiger partial charge in [-0.3, -0.25) is 4.79 Å². The van der Waals surface area contributed by atoms with E-state index in [2.05, 4.69) is 13.8 Å². The summed E-state index contributed by atoms with van der Waals surface area (Å²) in [7, 11) is 0. The van der Waals surface area contributed by atoms with E-state index in [4.69, 9.17) is 4.74 Å². The Morgan fingerprint density at radius 3 is 1.86 bits per heavy atom. The number of hydrogen-bond donors (Lipinski definition) is 0. The molecule has 0 amide bonds. The second kappa shape index (κ2) is 12.4. The lowest BCUT2D eigenvalue weighted by Crippen LogP contribution is -2.32. The van der Waals surface area contributed by atoms with Crippen LogP contribution in [0.2, 0.25) is 0 Å². The SMILES string of the molecule is CCCCCCC1CCC(C2CCC(C(=O)OC3CCC(CC)CC3)CC2)CC1. The van der Waals surface area contributed by atoms with Crippen LogP contribution in [-0.4, -0.2) is 12.1 Å². The summed E-state index contributed by atoms with van der Waals surface area (Å²) in [5, 5.41) is 0. The van der Waals surface area contributed by atoms with Gasteiger partial charge in [-0.25, -0.2) is 0 Å². The lowest BCUT2D eigenvalue weighted by molar-refractivity contribution is -0.157. The molecule has 0 radical (unpaired) electrons. The van der Waals surface area contributed by atoms with Crippen molar-refractivity contribution in [1.82, 2.24) is 0 Å². The van der Waals surface area contributed by atoms with E-state index in [1.54, 1.807) is 0 Å². The maximum Gasteiger partial charge on any atom is 0.309 e. The quantitative estimate of drug-likeness (QED) is 0.287. The smallest absolute Gasteiger partial charge is 0.309 e. The molecule has 3 saturated carbocycles. The van der Waals surface area contributed by atoms with Crippen LogP contribution < -0.4 is 0 Å². The molecule has 29 heavy (non-hydrogen) atoms. The Kier molecular flexibility index (Phi) is 9.86. The molecule has 0 aromatic heterocycles. The third kappa shape index (κ3) is 7.28. The molecule has 0 aromatic carbocycles. The second-order valence-corrected chi connectivity index (χ2v) is 10.7. The van der Waals surface area contributed by atoms with Gasteiger partial charge in [-0.15, -0.1) is 0 Å². The van der Waals surface area contributed by atoms with Crippen LogP contribution in [0.4, 0.5) is 0 Å². The summed E-state index contributed by atoms with van der Waals surface area (Å²) in [6.07, 6.45) is 23.9. The van der Waals surface area contributed by atoms with E-state index in [1.165, 1.54) is 89.9 Å². The molecule has 0 aliphatic heterocycles. The molecular weight excluding hydrogens is 356 g/mol. The molecule has 0 spiro atoms. The predicted molar refractivity (Wildman–Crippen MR) is 122 cm³/mol. The van der Waals surface area contributed by atoms with Gasteiger partial charge in [0.25, 0.3) is 0 Å². The molecule has 2 heteroatoms. The van der Waals surface area contributed by atoms with Gasteiger partial charge in [0.1, 0.15) is 6.10 Å². The summed E-state index contributed by atoms with van der Waals surface area (Å²) < 4.78 is 5.93. The van der Waals surface area contributed by atoms with E-state index in [0.29, 0.717) is 0 Å². The third-order valence-corrected chi connectivity index (χ3v) is 8.78. The van der Waals surface area contributed by atoms with Gasteiger partial charge in [-0.05, 0) is 87.9 Å². The Morgan fingerprint density at radius 1 is 0.690 bits per heavy atom. The third-order valence-electron chi connectivity index (χ3n) is 8.78. The van der Waals surface area contributed by atoms with E-state index in [-0.39, 0.29) is 18.0 Å². The summed E-state index contributed by atoms with van der Waals surface area (Å²) in [6, 6.07) is 0. The van der Waals surface area contributed by atoms with E-state index < -0.39 is 0 Å². The van der Waals surface area contributed by atoms with Crippen LogP contribution in [0, 0.1) is 29.6 Å². The highest BCUT2D eigenvalue weighted by Crippen LogP contribution is 2.42. The van der Waals surface area contributed by atoms with Crippen LogP contribution in [0.1, 0.15) is 129 Å².